The molecule has 0 fully saturated rings. The minimum Gasteiger partial charge on any atom is -0.369 e. The van der Waals surface area contributed by atoms with E-state index in [0.717, 1.165) is 17.7 Å². The maximum Gasteiger partial charge on any atom is 0.221 e. The standard InChI is InChI=1S/C14H22N2Se.C8H9NO/c1(2-4-11-17-12-5-6-13-17)3-8-14-9-7-10-15-16-14;9-8(10)6-7-4-2-1-3-5-7/h7,9-10,12H,1-6,8,11,13H2;1-5H,6H2,(H2,9,10). The van der Waals surface area contributed by atoms with Gasteiger partial charge in [0.05, 0.1) is 6.42 Å². The molecule has 0 saturated heterocycles. The van der Waals surface area contributed by atoms with Gasteiger partial charge in [-0.1, -0.05) is 30.3 Å². The molecule has 0 bridgehead atoms. The van der Waals surface area contributed by atoms with E-state index in [1.54, 1.807) is 16.8 Å². The fourth-order valence-corrected chi connectivity index (χ4v) is 7.51. The van der Waals surface area contributed by atoms with E-state index in [0.29, 0.717) is 6.42 Å². The van der Waals surface area contributed by atoms with Crippen LogP contribution in [0.3, 0.4) is 0 Å². The van der Waals surface area contributed by atoms with Crippen molar-refractivity contribution in [3.8, 4) is 0 Å². The number of hydrogen-bond acceptors (Lipinski definition) is 3. The summed E-state index contributed by atoms with van der Waals surface area (Å²) in [6, 6.07) is 13.5. The number of hydrogen-bond donors (Lipinski definition) is 1. The minimum absolute atomic E-state index is 0.211. The predicted octanol–water partition coefficient (Wildman–Crippen LogP) is 3.97. The third-order valence-electron chi connectivity index (χ3n) is 4.40. The summed E-state index contributed by atoms with van der Waals surface area (Å²) in [6.07, 6.45) is 11.6. The van der Waals surface area contributed by atoms with Gasteiger partial charge in [-0.2, -0.15) is 0 Å². The first kappa shape index (κ1) is 21.5. The monoisotopic (exact) mass is 433 g/mol. The molecule has 1 aromatic heterocycles. The summed E-state index contributed by atoms with van der Waals surface area (Å²) < 4.78 is 0. The average molecular weight is 432 g/mol. The number of benzene rings is 1. The molecule has 0 spiro atoms. The second-order valence-corrected chi connectivity index (χ2v) is 11.4. The van der Waals surface area contributed by atoms with Crippen molar-refractivity contribution in [2.24, 2.45) is 5.73 Å². The number of aryl methyl sites for hydroxylation is 1. The second kappa shape index (κ2) is 13.3. The van der Waals surface area contributed by atoms with Crippen LogP contribution in [0.25, 0.3) is 0 Å². The van der Waals surface area contributed by atoms with Crippen LogP contribution >= 0.6 is 0 Å². The number of rotatable bonds is 9. The van der Waals surface area contributed by atoms with Crippen molar-refractivity contribution in [1.82, 2.24) is 10.2 Å². The number of nitrogens with zero attached hydrogens (tertiary/aromatic N) is 2. The Morgan fingerprint density at radius 1 is 1.04 bits per heavy atom. The second-order valence-electron chi connectivity index (χ2n) is 6.76. The van der Waals surface area contributed by atoms with Crippen molar-refractivity contribution in [3.63, 3.8) is 0 Å². The van der Waals surface area contributed by atoms with E-state index in [1.807, 2.05) is 36.4 Å². The van der Waals surface area contributed by atoms with Crippen LogP contribution in [0.1, 0.15) is 49.8 Å². The van der Waals surface area contributed by atoms with E-state index in [4.69, 9.17) is 5.73 Å². The number of aromatic nitrogens is 2. The van der Waals surface area contributed by atoms with Gasteiger partial charge in [0.15, 0.2) is 0 Å². The Morgan fingerprint density at radius 2 is 1.85 bits per heavy atom. The summed E-state index contributed by atoms with van der Waals surface area (Å²) in [7, 11) is 0. The fraction of sp³-hybridized carbons (Fsp3) is 0.455. The van der Waals surface area contributed by atoms with Gasteiger partial charge in [0.25, 0.3) is 0 Å². The van der Waals surface area contributed by atoms with Crippen LogP contribution in [0, 0.1) is 0 Å². The van der Waals surface area contributed by atoms with Crippen LogP contribution in [0.15, 0.2) is 48.7 Å². The SMILES string of the molecule is C1=[Se](CCCCCCc2cccnn2)CCC1.NC(=O)Cc1ccccc1. The van der Waals surface area contributed by atoms with E-state index >= 15 is 0 Å². The summed E-state index contributed by atoms with van der Waals surface area (Å²) in [6.45, 7) is 0. The van der Waals surface area contributed by atoms with Crippen molar-refractivity contribution in [3.05, 3.63) is 59.9 Å². The third-order valence-corrected chi connectivity index (χ3v) is 9.30. The fourth-order valence-electron chi connectivity index (χ4n) is 3.00. The molecule has 1 aliphatic heterocycles. The Hall–Kier alpha value is -1.84. The van der Waals surface area contributed by atoms with Gasteiger partial charge in [-0.05, 0) is 5.56 Å². The molecule has 1 aromatic carbocycles. The van der Waals surface area contributed by atoms with E-state index < -0.39 is 0 Å². The topological polar surface area (TPSA) is 68.9 Å². The van der Waals surface area contributed by atoms with Gasteiger partial charge in [0, 0.05) is 0 Å². The van der Waals surface area contributed by atoms with Crippen molar-refractivity contribution >= 4 is 24.3 Å². The molecule has 1 atom stereocenters. The molecule has 0 aliphatic carbocycles. The maximum absolute atomic E-state index is 10.4. The van der Waals surface area contributed by atoms with Gasteiger partial charge in [0.2, 0.25) is 5.91 Å². The van der Waals surface area contributed by atoms with Crippen LogP contribution in [0.2, 0.25) is 10.6 Å². The molecule has 0 saturated carbocycles. The Balaban J connectivity index is 0.000000223. The summed E-state index contributed by atoms with van der Waals surface area (Å²) in [5.74, 6) is -0.286. The average Bonchev–Trinajstić information content (AvgIpc) is 3.20. The number of nitrogens with two attached hydrogens (primary N) is 1. The largest absolute Gasteiger partial charge is 0.369 e. The molecule has 1 aliphatic rings. The summed E-state index contributed by atoms with van der Waals surface area (Å²) in [4.78, 5) is 13.0. The van der Waals surface area contributed by atoms with Crippen LogP contribution in [-0.2, 0) is 17.6 Å². The molecular formula is C22H31N3OSe. The summed E-state index contributed by atoms with van der Waals surface area (Å²) in [5.41, 5.74) is 7.10. The van der Waals surface area contributed by atoms with E-state index in [1.165, 1.54) is 38.5 Å². The smallest absolute Gasteiger partial charge is 0.221 e. The van der Waals surface area contributed by atoms with Crippen LogP contribution < -0.4 is 5.73 Å². The van der Waals surface area contributed by atoms with Crippen LogP contribution in [0.4, 0.5) is 0 Å². The molecular weight excluding hydrogens is 401 g/mol. The number of amides is 1. The maximum atomic E-state index is 10.4. The molecule has 146 valence electrons. The van der Waals surface area contributed by atoms with Gasteiger partial charge in [-0.25, -0.2) is 0 Å². The quantitative estimate of drug-likeness (QED) is 0.482. The van der Waals surface area contributed by atoms with Gasteiger partial charge in [-0.15, -0.1) is 0 Å². The van der Waals surface area contributed by atoms with E-state index in [2.05, 4.69) is 21.2 Å². The van der Waals surface area contributed by atoms with Crippen molar-refractivity contribution in [1.29, 1.82) is 0 Å². The summed E-state index contributed by atoms with van der Waals surface area (Å²) >= 11 is -0.211. The Morgan fingerprint density at radius 3 is 2.52 bits per heavy atom. The molecule has 2 aromatic rings. The zero-order valence-corrected chi connectivity index (χ0v) is 17.8. The molecule has 1 amide bonds. The van der Waals surface area contributed by atoms with E-state index in [9.17, 15) is 4.79 Å². The molecule has 3 rings (SSSR count). The van der Waals surface area contributed by atoms with Crippen molar-refractivity contribution < 1.29 is 4.79 Å². The summed E-state index contributed by atoms with van der Waals surface area (Å²) in [5, 5.41) is 11.1. The number of carbonyl (C=O) groups is 1. The van der Waals surface area contributed by atoms with Crippen LogP contribution in [0.5, 0.6) is 0 Å². The van der Waals surface area contributed by atoms with E-state index in [-0.39, 0.29) is 19.4 Å². The molecule has 27 heavy (non-hydrogen) atoms. The van der Waals surface area contributed by atoms with Crippen LogP contribution in [-0.4, -0.2) is 34.5 Å². The number of carbonyl (C=O) groups excluding carboxylic acids is 1. The third kappa shape index (κ3) is 10.2. The van der Waals surface area contributed by atoms with Gasteiger partial charge in [-0.3, -0.25) is 4.79 Å². The molecule has 5 heteroatoms. The van der Waals surface area contributed by atoms with Gasteiger partial charge >= 0.3 is 108 Å². The predicted molar refractivity (Wildman–Crippen MR) is 114 cm³/mol. The van der Waals surface area contributed by atoms with Gasteiger partial charge in [0.1, 0.15) is 0 Å². The molecule has 0 radical (unpaired) electrons. The zero-order chi connectivity index (χ0) is 19.2. The zero-order valence-electron chi connectivity index (χ0n) is 16.1. The molecule has 4 nitrogen and oxygen atoms in total. The number of primary amides is 1. The first-order valence-corrected chi connectivity index (χ1v) is 13.2. The minimum atomic E-state index is -0.286. The normalized spacial score (nSPS) is 15.5. The van der Waals surface area contributed by atoms with Gasteiger partial charge < -0.3 is 5.73 Å². The van der Waals surface area contributed by atoms with Crippen molar-refractivity contribution in [2.45, 2.75) is 62.0 Å². The first-order chi connectivity index (χ1) is 13.2. The molecule has 1 unspecified atom stereocenters. The Bertz CT molecular complexity index is 689. The van der Waals surface area contributed by atoms with Crippen molar-refractivity contribution in [2.75, 3.05) is 0 Å². The Labute approximate surface area is 167 Å². The Kier molecular flexibility index (Phi) is 10.6. The molecule has 2 heterocycles. The number of unbranched alkanes of at least 4 members (excludes halogenated alkanes) is 3. The molecule has 2 N–H and O–H groups in total. The first-order valence-electron chi connectivity index (χ1n) is 9.82.